The number of aryl methyl sites for hydroxylation is 1. The highest BCUT2D eigenvalue weighted by molar-refractivity contribution is 5.67. The number of hydrogen-bond donors (Lipinski definition) is 1. The first-order valence-corrected chi connectivity index (χ1v) is 3.40. The van der Waals surface area contributed by atoms with Crippen LogP contribution in [0.2, 0.25) is 0 Å². The first kappa shape index (κ1) is 8.73. The molecular formula is C7H9NO4. The SMILES string of the molecule is Cc1cc(COCC(=O)O)on1. The van der Waals surface area contributed by atoms with E-state index in [4.69, 9.17) is 14.4 Å². The van der Waals surface area contributed by atoms with E-state index < -0.39 is 5.97 Å². The number of carboxylic acids is 1. The quantitative estimate of drug-likeness (QED) is 0.717. The van der Waals surface area contributed by atoms with Crippen molar-refractivity contribution < 1.29 is 19.2 Å². The average Bonchev–Trinajstić information content (AvgIpc) is 2.35. The van der Waals surface area contributed by atoms with Gasteiger partial charge in [0.2, 0.25) is 0 Å². The molecule has 0 aliphatic rings. The van der Waals surface area contributed by atoms with Crippen LogP contribution in [-0.4, -0.2) is 22.8 Å². The molecule has 5 nitrogen and oxygen atoms in total. The number of nitrogens with zero attached hydrogens (tertiary/aromatic N) is 1. The Kier molecular flexibility index (Phi) is 2.82. The van der Waals surface area contributed by atoms with Gasteiger partial charge in [-0.15, -0.1) is 0 Å². The van der Waals surface area contributed by atoms with Crippen LogP contribution in [-0.2, 0) is 16.1 Å². The number of carbonyl (C=O) groups is 1. The summed E-state index contributed by atoms with van der Waals surface area (Å²) in [5, 5.41) is 11.8. The molecule has 1 heterocycles. The second-order valence-electron chi connectivity index (χ2n) is 2.32. The Balaban J connectivity index is 2.29. The molecule has 0 spiro atoms. The molecule has 1 rings (SSSR count). The molecule has 1 aromatic rings. The molecule has 1 N–H and O–H groups in total. The maximum atomic E-state index is 10.0. The molecule has 12 heavy (non-hydrogen) atoms. The molecule has 0 aliphatic carbocycles. The number of hydrogen-bond acceptors (Lipinski definition) is 4. The fraction of sp³-hybridized carbons (Fsp3) is 0.429. The summed E-state index contributed by atoms with van der Waals surface area (Å²) in [5.74, 6) is -0.458. The maximum absolute atomic E-state index is 10.0. The van der Waals surface area contributed by atoms with Gasteiger partial charge in [-0.3, -0.25) is 0 Å². The molecular weight excluding hydrogens is 162 g/mol. The van der Waals surface area contributed by atoms with Crippen LogP contribution in [0.5, 0.6) is 0 Å². The zero-order valence-corrected chi connectivity index (χ0v) is 6.61. The topological polar surface area (TPSA) is 72.6 Å². The fourth-order valence-electron chi connectivity index (χ4n) is 0.723. The van der Waals surface area contributed by atoms with Crippen molar-refractivity contribution in [2.75, 3.05) is 6.61 Å². The monoisotopic (exact) mass is 171 g/mol. The predicted molar refractivity (Wildman–Crippen MR) is 38.5 cm³/mol. The highest BCUT2D eigenvalue weighted by Crippen LogP contribution is 2.02. The van der Waals surface area contributed by atoms with Gasteiger partial charge in [-0.25, -0.2) is 4.79 Å². The van der Waals surface area contributed by atoms with E-state index in [1.165, 1.54) is 0 Å². The van der Waals surface area contributed by atoms with E-state index in [2.05, 4.69) is 5.16 Å². The van der Waals surface area contributed by atoms with Crippen molar-refractivity contribution in [2.24, 2.45) is 0 Å². The Bertz CT molecular complexity index is 268. The highest BCUT2D eigenvalue weighted by Gasteiger charge is 2.01. The Morgan fingerprint density at radius 1 is 1.83 bits per heavy atom. The molecule has 0 unspecified atom stereocenters. The maximum Gasteiger partial charge on any atom is 0.329 e. The Labute approximate surface area is 68.9 Å². The van der Waals surface area contributed by atoms with Gasteiger partial charge in [0, 0.05) is 6.07 Å². The molecule has 0 atom stereocenters. The Morgan fingerprint density at radius 2 is 2.58 bits per heavy atom. The van der Waals surface area contributed by atoms with E-state index in [0.717, 1.165) is 5.69 Å². The van der Waals surface area contributed by atoms with Crippen molar-refractivity contribution in [2.45, 2.75) is 13.5 Å². The van der Waals surface area contributed by atoms with Gasteiger partial charge in [0.25, 0.3) is 0 Å². The minimum Gasteiger partial charge on any atom is -0.480 e. The molecule has 0 saturated carbocycles. The molecule has 0 fully saturated rings. The van der Waals surface area contributed by atoms with E-state index >= 15 is 0 Å². The number of aromatic nitrogens is 1. The summed E-state index contributed by atoms with van der Waals surface area (Å²) in [7, 11) is 0. The van der Waals surface area contributed by atoms with Crippen molar-refractivity contribution >= 4 is 5.97 Å². The van der Waals surface area contributed by atoms with Crippen LogP contribution < -0.4 is 0 Å². The summed E-state index contributed by atoms with van der Waals surface area (Å²) >= 11 is 0. The number of aliphatic carboxylic acids is 1. The standard InChI is InChI=1S/C7H9NO4/c1-5-2-6(12-8-5)3-11-4-7(9)10/h2H,3-4H2,1H3,(H,9,10). The minimum absolute atomic E-state index is 0.146. The summed E-state index contributed by atoms with van der Waals surface area (Å²) < 4.78 is 9.54. The van der Waals surface area contributed by atoms with E-state index in [0.29, 0.717) is 5.76 Å². The van der Waals surface area contributed by atoms with Crippen molar-refractivity contribution in [1.29, 1.82) is 0 Å². The summed E-state index contributed by atoms with van der Waals surface area (Å²) in [6.07, 6.45) is 0. The molecule has 0 bridgehead atoms. The summed E-state index contributed by atoms with van der Waals surface area (Å²) in [6.45, 7) is 1.61. The molecule has 5 heteroatoms. The highest BCUT2D eigenvalue weighted by atomic mass is 16.5. The largest absolute Gasteiger partial charge is 0.480 e. The summed E-state index contributed by atoms with van der Waals surface area (Å²) in [4.78, 5) is 10.0. The van der Waals surface area contributed by atoms with Crippen molar-refractivity contribution in [3.8, 4) is 0 Å². The normalized spacial score (nSPS) is 10.1. The van der Waals surface area contributed by atoms with Crippen LogP contribution in [0, 0.1) is 6.92 Å². The van der Waals surface area contributed by atoms with Gasteiger partial charge in [-0.2, -0.15) is 0 Å². The van der Waals surface area contributed by atoms with Crippen LogP contribution in [0.25, 0.3) is 0 Å². The molecule has 0 aromatic carbocycles. The lowest BCUT2D eigenvalue weighted by molar-refractivity contribution is -0.142. The lowest BCUT2D eigenvalue weighted by atomic mass is 10.4. The molecule has 0 saturated heterocycles. The molecule has 0 aliphatic heterocycles. The van der Waals surface area contributed by atoms with E-state index in [-0.39, 0.29) is 13.2 Å². The van der Waals surface area contributed by atoms with Crippen molar-refractivity contribution in [3.63, 3.8) is 0 Å². The zero-order chi connectivity index (χ0) is 8.97. The minimum atomic E-state index is -0.994. The van der Waals surface area contributed by atoms with Gasteiger partial charge in [0.15, 0.2) is 5.76 Å². The van der Waals surface area contributed by atoms with E-state index in [9.17, 15) is 4.79 Å². The first-order valence-electron chi connectivity index (χ1n) is 3.40. The van der Waals surface area contributed by atoms with Gasteiger partial charge in [0.05, 0.1) is 5.69 Å². The molecule has 66 valence electrons. The second-order valence-corrected chi connectivity index (χ2v) is 2.32. The summed E-state index contributed by atoms with van der Waals surface area (Å²) in [5.41, 5.74) is 0.754. The molecule has 0 radical (unpaired) electrons. The van der Waals surface area contributed by atoms with Gasteiger partial charge < -0.3 is 14.4 Å². The van der Waals surface area contributed by atoms with Gasteiger partial charge in [-0.1, -0.05) is 5.16 Å². The van der Waals surface area contributed by atoms with Crippen LogP contribution in [0.4, 0.5) is 0 Å². The van der Waals surface area contributed by atoms with Gasteiger partial charge >= 0.3 is 5.97 Å². The number of rotatable bonds is 4. The number of carboxylic acid groups (broad SMARTS) is 1. The molecule has 0 amide bonds. The van der Waals surface area contributed by atoms with Crippen LogP contribution in [0.15, 0.2) is 10.6 Å². The van der Waals surface area contributed by atoms with Gasteiger partial charge in [-0.05, 0) is 6.92 Å². The number of ether oxygens (including phenoxy) is 1. The Morgan fingerprint density at radius 3 is 3.08 bits per heavy atom. The first-order chi connectivity index (χ1) is 5.68. The van der Waals surface area contributed by atoms with Crippen LogP contribution in [0.1, 0.15) is 11.5 Å². The summed E-state index contributed by atoms with van der Waals surface area (Å²) in [6, 6.07) is 1.70. The van der Waals surface area contributed by atoms with E-state index in [1.807, 2.05) is 0 Å². The molecule has 1 aromatic heterocycles. The van der Waals surface area contributed by atoms with Crippen molar-refractivity contribution in [1.82, 2.24) is 5.16 Å². The van der Waals surface area contributed by atoms with Crippen LogP contribution >= 0.6 is 0 Å². The van der Waals surface area contributed by atoms with E-state index in [1.54, 1.807) is 13.0 Å². The second kappa shape index (κ2) is 3.87. The third kappa shape index (κ3) is 2.71. The lowest BCUT2D eigenvalue weighted by Gasteiger charge is -1.94. The lowest BCUT2D eigenvalue weighted by Crippen LogP contribution is -2.06. The fourth-order valence-corrected chi connectivity index (χ4v) is 0.723. The third-order valence-corrected chi connectivity index (χ3v) is 1.15. The van der Waals surface area contributed by atoms with Crippen LogP contribution in [0.3, 0.4) is 0 Å². The third-order valence-electron chi connectivity index (χ3n) is 1.15. The predicted octanol–water partition coefficient (Wildman–Crippen LogP) is 0.584. The zero-order valence-electron chi connectivity index (χ0n) is 6.61. The Hall–Kier alpha value is -1.36. The van der Waals surface area contributed by atoms with Gasteiger partial charge in [0.1, 0.15) is 13.2 Å². The average molecular weight is 171 g/mol. The van der Waals surface area contributed by atoms with Crippen molar-refractivity contribution in [3.05, 3.63) is 17.5 Å². The smallest absolute Gasteiger partial charge is 0.329 e.